The van der Waals surface area contributed by atoms with Crippen molar-refractivity contribution in [2.45, 2.75) is 25.8 Å². The zero-order chi connectivity index (χ0) is 14.7. The first-order chi connectivity index (χ1) is 9.52. The van der Waals surface area contributed by atoms with Gasteiger partial charge in [0, 0.05) is 46.2 Å². The van der Waals surface area contributed by atoms with E-state index in [2.05, 4.69) is 16.5 Å². The van der Waals surface area contributed by atoms with Crippen LogP contribution in [-0.2, 0) is 17.2 Å². The lowest BCUT2D eigenvalue weighted by atomic mass is 10.2. The highest BCUT2D eigenvalue weighted by atomic mass is 35.5. The maximum atomic E-state index is 11.3. The standard InChI is InChI=1S/C14H18Cl2N2OS/c1-10(6-8-20(2)19)18-13-9-11(16)3-4-12(13)17-14(18)5-7-15/h3-4,9-10H,5-8H2,1-2H3. The van der Waals surface area contributed by atoms with Gasteiger partial charge in [-0.05, 0) is 31.5 Å². The average molecular weight is 333 g/mol. The third-order valence-corrected chi connectivity index (χ3v) is 4.54. The summed E-state index contributed by atoms with van der Waals surface area (Å²) in [4.78, 5) is 4.64. The molecule has 2 atom stereocenters. The minimum absolute atomic E-state index is 0.223. The molecule has 1 heterocycles. The molecule has 0 aliphatic carbocycles. The van der Waals surface area contributed by atoms with Crippen LogP contribution in [0.25, 0.3) is 11.0 Å². The average Bonchev–Trinajstić information content (AvgIpc) is 2.73. The van der Waals surface area contributed by atoms with Gasteiger partial charge in [-0.2, -0.15) is 0 Å². The summed E-state index contributed by atoms with van der Waals surface area (Å²) in [5.41, 5.74) is 1.95. The highest BCUT2D eigenvalue weighted by Crippen LogP contribution is 2.26. The van der Waals surface area contributed by atoms with E-state index in [1.807, 2.05) is 18.2 Å². The van der Waals surface area contributed by atoms with E-state index < -0.39 is 10.8 Å². The van der Waals surface area contributed by atoms with Gasteiger partial charge in [0.15, 0.2) is 0 Å². The van der Waals surface area contributed by atoms with Crippen molar-refractivity contribution >= 4 is 45.0 Å². The Kier molecular flexibility index (Phi) is 5.47. The van der Waals surface area contributed by atoms with Gasteiger partial charge in [0.2, 0.25) is 0 Å². The largest absolute Gasteiger partial charge is 0.325 e. The first kappa shape index (κ1) is 15.8. The molecular formula is C14H18Cl2N2OS. The van der Waals surface area contributed by atoms with Crippen LogP contribution in [0.15, 0.2) is 18.2 Å². The van der Waals surface area contributed by atoms with Crippen LogP contribution in [-0.4, -0.2) is 31.6 Å². The van der Waals surface area contributed by atoms with Gasteiger partial charge in [-0.1, -0.05) is 11.6 Å². The number of nitrogens with zero attached hydrogens (tertiary/aromatic N) is 2. The lowest BCUT2D eigenvalue weighted by Gasteiger charge is -2.17. The van der Waals surface area contributed by atoms with Gasteiger partial charge < -0.3 is 4.57 Å². The maximum Gasteiger partial charge on any atom is 0.111 e. The maximum absolute atomic E-state index is 11.3. The van der Waals surface area contributed by atoms with Gasteiger partial charge in [0.25, 0.3) is 0 Å². The molecule has 1 aromatic carbocycles. The van der Waals surface area contributed by atoms with E-state index in [1.165, 1.54) is 0 Å². The minimum Gasteiger partial charge on any atom is -0.325 e. The zero-order valence-corrected chi connectivity index (χ0v) is 13.9. The molecule has 0 amide bonds. The number of alkyl halides is 1. The Labute approximate surface area is 131 Å². The number of imidazole rings is 1. The monoisotopic (exact) mass is 332 g/mol. The summed E-state index contributed by atoms with van der Waals surface area (Å²) in [6.45, 7) is 2.12. The molecule has 0 aliphatic heterocycles. The van der Waals surface area contributed by atoms with Crippen LogP contribution in [0.2, 0.25) is 5.02 Å². The number of halogens is 2. The normalized spacial score (nSPS) is 14.6. The number of rotatable bonds is 6. The van der Waals surface area contributed by atoms with Crippen molar-refractivity contribution in [3.63, 3.8) is 0 Å². The van der Waals surface area contributed by atoms with Crippen molar-refractivity contribution in [2.75, 3.05) is 17.9 Å². The second-order valence-electron chi connectivity index (χ2n) is 4.89. The van der Waals surface area contributed by atoms with Gasteiger partial charge in [-0.25, -0.2) is 4.98 Å². The van der Waals surface area contributed by atoms with E-state index in [-0.39, 0.29) is 6.04 Å². The zero-order valence-electron chi connectivity index (χ0n) is 11.6. The Bertz CT molecular complexity index is 627. The number of hydrogen-bond donors (Lipinski definition) is 0. The molecule has 20 heavy (non-hydrogen) atoms. The summed E-state index contributed by atoms with van der Waals surface area (Å²) in [6.07, 6.45) is 3.29. The fourth-order valence-corrected chi connectivity index (χ4v) is 3.34. The summed E-state index contributed by atoms with van der Waals surface area (Å²) in [5.74, 6) is 2.18. The molecule has 2 rings (SSSR count). The smallest absolute Gasteiger partial charge is 0.111 e. The first-order valence-electron chi connectivity index (χ1n) is 6.55. The topological polar surface area (TPSA) is 34.9 Å². The molecule has 3 nitrogen and oxygen atoms in total. The summed E-state index contributed by atoms with van der Waals surface area (Å²) in [6, 6.07) is 5.93. The summed E-state index contributed by atoms with van der Waals surface area (Å²) < 4.78 is 13.5. The summed E-state index contributed by atoms with van der Waals surface area (Å²) in [5, 5.41) is 0.697. The van der Waals surface area contributed by atoms with E-state index in [0.717, 1.165) is 23.3 Å². The molecule has 0 bridgehead atoms. The SMILES string of the molecule is CC(CCS(C)=O)n1c(CCCl)nc2ccc(Cl)cc21. The number of fused-ring (bicyclic) bond motifs is 1. The Morgan fingerprint density at radius 1 is 1.45 bits per heavy atom. The van der Waals surface area contributed by atoms with E-state index in [9.17, 15) is 4.21 Å². The summed E-state index contributed by atoms with van der Waals surface area (Å²) in [7, 11) is -0.782. The predicted molar refractivity (Wildman–Crippen MR) is 87.4 cm³/mol. The van der Waals surface area contributed by atoms with Gasteiger partial charge in [0.05, 0.1) is 11.0 Å². The molecule has 2 aromatic rings. The Hall–Kier alpha value is -0.580. The second-order valence-corrected chi connectivity index (χ2v) is 7.25. The Balaban J connectivity index is 2.43. The van der Waals surface area contributed by atoms with Crippen molar-refractivity contribution in [1.82, 2.24) is 9.55 Å². The van der Waals surface area contributed by atoms with E-state index >= 15 is 0 Å². The Morgan fingerprint density at radius 2 is 2.20 bits per heavy atom. The molecule has 0 N–H and O–H groups in total. The fraction of sp³-hybridized carbons (Fsp3) is 0.500. The van der Waals surface area contributed by atoms with Crippen LogP contribution in [0, 0.1) is 0 Å². The van der Waals surface area contributed by atoms with Crippen LogP contribution in [0.1, 0.15) is 25.2 Å². The van der Waals surface area contributed by atoms with Gasteiger partial charge in [-0.3, -0.25) is 4.21 Å². The Morgan fingerprint density at radius 3 is 2.85 bits per heavy atom. The van der Waals surface area contributed by atoms with E-state index in [0.29, 0.717) is 23.1 Å². The molecule has 0 radical (unpaired) electrons. The number of hydrogen-bond acceptors (Lipinski definition) is 2. The van der Waals surface area contributed by atoms with Crippen molar-refractivity contribution in [3.05, 3.63) is 29.0 Å². The molecule has 110 valence electrons. The van der Waals surface area contributed by atoms with Crippen LogP contribution >= 0.6 is 23.2 Å². The number of aryl methyl sites for hydroxylation is 1. The molecule has 0 saturated carbocycles. The molecule has 6 heteroatoms. The number of aromatic nitrogens is 2. The lowest BCUT2D eigenvalue weighted by Crippen LogP contribution is -2.12. The second kappa shape index (κ2) is 6.92. The third-order valence-electron chi connectivity index (χ3n) is 3.31. The molecular weight excluding hydrogens is 315 g/mol. The third kappa shape index (κ3) is 3.54. The van der Waals surface area contributed by atoms with Crippen molar-refractivity contribution < 1.29 is 4.21 Å². The predicted octanol–water partition coefficient (Wildman–Crippen LogP) is 3.80. The fourth-order valence-electron chi connectivity index (χ4n) is 2.33. The molecule has 0 spiro atoms. The van der Waals surface area contributed by atoms with E-state index in [4.69, 9.17) is 23.2 Å². The highest BCUT2D eigenvalue weighted by Gasteiger charge is 2.16. The quantitative estimate of drug-likeness (QED) is 0.754. The van der Waals surface area contributed by atoms with Crippen molar-refractivity contribution in [2.24, 2.45) is 0 Å². The van der Waals surface area contributed by atoms with Crippen LogP contribution in [0.3, 0.4) is 0 Å². The van der Waals surface area contributed by atoms with Crippen LogP contribution in [0.4, 0.5) is 0 Å². The van der Waals surface area contributed by atoms with Crippen molar-refractivity contribution in [3.8, 4) is 0 Å². The molecule has 0 fully saturated rings. The van der Waals surface area contributed by atoms with Gasteiger partial charge >= 0.3 is 0 Å². The van der Waals surface area contributed by atoms with Gasteiger partial charge in [0.1, 0.15) is 5.82 Å². The molecule has 0 aliphatic rings. The summed E-state index contributed by atoms with van der Waals surface area (Å²) >= 11 is 12.0. The molecule has 2 unspecified atom stereocenters. The molecule has 0 saturated heterocycles. The van der Waals surface area contributed by atoms with Crippen LogP contribution in [0.5, 0.6) is 0 Å². The highest BCUT2D eigenvalue weighted by molar-refractivity contribution is 7.84. The van der Waals surface area contributed by atoms with Crippen LogP contribution < -0.4 is 0 Å². The van der Waals surface area contributed by atoms with Crippen molar-refractivity contribution in [1.29, 1.82) is 0 Å². The number of benzene rings is 1. The lowest BCUT2D eigenvalue weighted by molar-refractivity contribution is 0.525. The van der Waals surface area contributed by atoms with E-state index in [1.54, 1.807) is 6.26 Å². The minimum atomic E-state index is -0.782. The molecule has 1 aromatic heterocycles. The van der Waals surface area contributed by atoms with Gasteiger partial charge in [-0.15, -0.1) is 11.6 Å². The first-order valence-corrected chi connectivity index (χ1v) is 9.19.